The van der Waals surface area contributed by atoms with Crippen LogP contribution in [0.25, 0.3) is 5.52 Å². The highest BCUT2D eigenvalue weighted by molar-refractivity contribution is 9.10. The van der Waals surface area contributed by atoms with Crippen molar-refractivity contribution in [1.29, 1.82) is 0 Å². The van der Waals surface area contributed by atoms with Crippen LogP contribution in [0.5, 0.6) is 0 Å². The number of anilines is 2. The molecule has 0 bridgehead atoms. The fraction of sp³-hybridized carbons (Fsp3) is 0.0769. The normalized spacial score (nSPS) is 10.7. The van der Waals surface area contributed by atoms with Gasteiger partial charge in [0.1, 0.15) is 11.5 Å². The maximum absolute atomic E-state index is 12.3. The average molecular weight is 351 g/mol. The number of hydrogen-bond acceptors (Lipinski definition) is 4. The van der Waals surface area contributed by atoms with Gasteiger partial charge in [-0.15, -0.1) is 16.4 Å². The first-order valence-corrected chi connectivity index (χ1v) is 7.62. The minimum absolute atomic E-state index is 0.190. The van der Waals surface area contributed by atoms with Gasteiger partial charge in [0.25, 0.3) is 5.91 Å². The number of rotatable bonds is 3. The van der Waals surface area contributed by atoms with Crippen molar-refractivity contribution in [2.24, 2.45) is 0 Å². The highest BCUT2D eigenvalue weighted by atomic mass is 79.9. The minimum atomic E-state index is -0.190. The summed E-state index contributed by atoms with van der Waals surface area (Å²) >= 11 is 4.91. The lowest BCUT2D eigenvalue weighted by atomic mass is 10.4. The third-order valence-corrected chi connectivity index (χ3v) is 4.56. The first-order valence-electron chi connectivity index (χ1n) is 5.88. The Balaban J connectivity index is 1.97. The molecule has 0 fully saturated rings. The number of thiophene rings is 1. The standard InChI is InChI=1S/C13H11BrN4OS/c1-15-12-5-3-8-2-4-11(18(8)17-12)13(19)16-10-7-20-6-9(10)14/h2-7H,1H3,(H,15,17)(H,16,19). The minimum Gasteiger partial charge on any atom is -0.372 e. The van der Waals surface area contributed by atoms with E-state index in [0.29, 0.717) is 11.5 Å². The quantitative estimate of drug-likeness (QED) is 0.760. The van der Waals surface area contributed by atoms with Crippen molar-refractivity contribution in [3.8, 4) is 0 Å². The summed E-state index contributed by atoms with van der Waals surface area (Å²) in [6.07, 6.45) is 0. The van der Waals surface area contributed by atoms with Crippen LogP contribution in [0.4, 0.5) is 11.5 Å². The summed E-state index contributed by atoms with van der Waals surface area (Å²) in [6.45, 7) is 0. The largest absolute Gasteiger partial charge is 0.372 e. The SMILES string of the molecule is CNc1ccc2ccc(C(=O)Nc3cscc3Br)n2n1. The van der Waals surface area contributed by atoms with Gasteiger partial charge in [-0.05, 0) is 40.2 Å². The number of nitrogens with one attached hydrogen (secondary N) is 2. The molecule has 3 aromatic rings. The molecule has 0 saturated carbocycles. The molecular weight excluding hydrogens is 340 g/mol. The summed E-state index contributed by atoms with van der Waals surface area (Å²) in [4.78, 5) is 12.3. The third-order valence-electron chi connectivity index (χ3n) is 2.86. The monoisotopic (exact) mass is 350 g/mol. The van der Waals surface area contributed by atoms with Gasteiger partial charge < -0.3 is 10.6 Å². The Morgan fingerprint density at radius 1 is 1.30 bits per heavy atom. The fourth-order valence-electron chi connectivity index (χ4n) is 1.85. The first kappa shape index (κ1) is 13.1. The molecule has 5 nitrogen and oxygen atoms in total. The highest BCUT2D eigenvalue weighted by Gasteiger charge is 2.14. The van der Waals surface area contributed by atoms with Crippen molar-refractivity contribution < 1.29 is 4.79 Å². The van der Waals surface area contributed by atoms with Gasteiger partial charge in [0.2, 0.25) is 0 Å². The molecule has 0 unspecified atom stereocenters. The smallest absolute Gasteiger partial charge is 0.274 e. The fourth-order valence-corrected chi connectivity index (χ4v) is 3.18. The van der Waals surface area contributed by atoms with Crippen LogP contribution in [0, 0.1) is 0 Å². The second-order valence-corrected chi connectivity index (χ2v) is 5.71. The first-order chi connectivity index (χ1) is 9.69. The van der Waals surface area contributed by atoms with Gasteiger partial charge >= 0.3 is 0 Å². The Labute approximate surface area is 127 Å². The molecule has 0 aliphatic heterocycles. The van der Waals surface area contributed by atoms with Crippen LogP contribution in [0.15, 0.2) is 39.5 Å². The molecule has 3 heterocycles. The van der Waals surface area contributed by atoms with E-state index in [1.54, 1.807) is 17.6 Å². The van der Waals surface area contributed by atoms with Crippen LogP contribution in [0.2, 0.25) is 0 Å². The van der Waals surface area contributed by atoms with E-state index in [1.165, 1.54) is 11.3 Å². The molecule has 0 radical (unpaired) electrons. The molecule has 3 rings (SSSR count). The van der Waals surface area contributed by atoms with Gasteiger partial charge in [0.05, 0.1) is 15.7 Å². The Kier molecular flexibility index (Phi) is 3.45. The second-order valence-electron chi connectivity index (χ2n) is 4.11. The predicted octanol–water partition coefficient (Wildman–Crippen LogP) is 3.45. The average Bonchev–Trinajstić information content (AvgIpc) is 3.04. The number of hydrogen-bond donors (Lipinski definition) is 2. The van der Waals surface area contributed by atoms with Crippen LogP contribution in [0.3, 0.4) is 0 Å². The van der Waals surface area contributed by atoms with Crippen molar-refractivity contribution >= 4 is 50.2 Å². The topological polar surface area (TPSA) is 58.4 Å². The van der Waals surface area contributed by atoms with Gasteiger partial charge in [0.15, 0.2) is 0 Å². The summed E-state index contributed by atoms with van der Waals surface area (Å²) in [6, 6.07) is 7.41. The Morgan fingerprint density at radius 3 is 2.80 bits per heavy atom. The van der Waals surface area contributed by atoms with E-state index in [0.717, 1.165) is 15.7 Å². The molecule has 0 aromatic carbocycles. The zero-order chi connectivity index (χ0) is 14.1. The zero-order valence-corrected chi connectivity index (χ0v) is 13.0. The lowest BCUT2D eigenvalue weighted by Crippen LogP contribution is -2.15. The van der Waals surface area contributed by atoms with E-state index in [1.807, 2.05) is 29.0 Å². The van der Waals surface area contributed by atoms with Crippen molar-refractivity contribution in [3.05, 3.63) is 45.2 Å². The van der Waals surface area contributed by atoms with E-state index in [4.69, 9.17) is 0 Å². The zero-order valence-electron chi connectivity index (χ0n) is 10.6. The number of carbonyl (C=O) groups excluding carboxylic acids is 1. The van der Waals surface area contributed by atoms with Gasteiger partial charge in [-0.1, -0.05) is 0 Å². The molecule has 0 saturated heterocycles. The van der Waals surface area contributed by atoms with Crippen molar-refractivity contribution in [2.45, 2.75) is 0 Å². The molecule has 0 spiro atoms. The summed E-state index contributed by atoms with van der Waals surface area (Å²) in [7, 11) is 1.79. The predicted molar refractivity (Wildman–Crippen MR) is 84.7 cm³/mol. The van der Waals surface area contributed by atoms with Gasteiger partial charge in [0, 0.05) is 17.8 Å². The molecule has 7 heteroatoms. The van der Waals surface area contributed by atoms with Gasteiger partial charge in [-0.2, -0.15) is 0 Å². The van der Waals surface area contributed by atoms with Crippen LogP contribution < -0.4 is 10.6 Å². The molecule has 3 aromatic heterocycles. The molecule has 102 valence electrons. The number of fused-ring (bicyclic) bond motifs is 1. The summed E-state index contributed by atoms with van der Waals surface area (Å²) in [5.74, 6) is 0.518. The van der Waals surface area contributed by atoms with E-state index >= 15 is 0 Å². The van der Waals surface area contributed by atoms with E-state index in [9.17, 15) is 4.79 Å². The summed E-state index contributed by atoms with van der Waals surface area (Å²) in [5, 5.41) is 14.0. The third kappa shape index (κ3) is 2.30. The molecule has 20 heavy (non-hydrogen) atoms. The Bertz CT molecular complexity index is 780. The van der Waals surface area contributed by atoms with Crippen molar-refractivity contribution in [3.63, 3.8) is 0 Å². The number of halogens is 1. The Morgan fingerprint density at radius 2 is 2.10 bits per heavy atom. The molecular formula is C13H11BrN4OS. The number of nitrogens with zero attached hydrogens (tertiary/aromatic N) is 2. The van der Waals surface area contributed by atoms with Crippen molar-refractivity contribution in [2.75, 3.05) is 17.7 Å². The van der Waals surface area contributed by atoms with Crippen LogP contribution >= 0.6 is 27.3 Å². The number of aromatic nitrogens is 2. The van der Waals surface area contributed by atoms with Crippen LogP contribution in [-0.4, -0.2) is 22.6 Å². The van der Waals surface area contributed by atoms with Crippen LogP contribution in [-0.2, 0) is 0 Å². The maximum atomic E-state index is 12.3. The van der Waals surface area contributed by atoms with Gasteiger partial charge in [-0.25, -0.2) is 4.52 Å². The summed E-state index contributed by atoms with van der Waals surface area (Å²) in [5.41, 5.74) is 2.13. The highest BCUT2D eigenvalue weighted by Crippen LogP contribution is 2.27. The summed E-state index contributed by atoms with van der Waals surface area (Å²) < 4.78 is 2.50. The molecule has 2 N–H and O–H groups in total. The van der Waals surface area contributed by atoms with E-state index in [-0.39, 0.29) is 5.91 Å². The molecule has 0 aliphatic carbocycles. The van der Waals surface area contributed by atoms with Crippen molar-refractivity contribution in [1.82, 2.24) is 9.61 Å². The van der Waals surface area contributed by atoms with Crippen LogP contribution in [0.1, 0.15) is 10.5 Å². The molecule has 0 atom stereocenters. The molecule has 1 amide bonds. The molecule has 0 aliphatic rings. The lowest BCUT2D eigenvalue weighted by molar-refractivity contribution is 0.102. The van der Waals surface area contributed by atoms with E-state index in [2.05, 4.69) is 31.7 Å². The number of carbonyl (C=O) groups is 1. The number of amides is 1. The second kappa shape index (κ2) is 5.26. The lowest BCUT2D eigenvalue weighted by Gasteiger charge is -2.05. The maximum Gasteiger partial charge on any atom is 0.274 e. The van der Waals surface area contributed by atoms with E-state index < -0.39 is 0 Å². The van der Waals surface area contributed by atoms with Gasteiger partial charge in [-0.3, -0.25) is 4.79 Å². The Hall–Kier alpha value is -1.86.